The third-order valence-electron chi connectivity index (χ3n) is 5.18. The molecule has 2 aromatic heterocycles. The number of carbonyl (C=O) groups is 1. The van der Waals surface area contributed by atoms with Gasteiger partial charge in [0.05, 0.1) is 24.0 Å². The van der Waals surface area contributed by atoms with Crippen LogP contribution in [0, 0.1) is 5.92 Å². The second-order valence-electron chi connectivity index (χ2n) is 7.21. The van der Waals surface area contributed by atoms with E-state index in [2.05, 4.69) is 10.3 Å². The predicted octanol–water partition coefficient (Wildman–Crippen LogP) is 1.60. The molecule has 7 nitrogen and oxygen atoms in total. The number of hydrogen-bond acceptors (Lipinski definition) is 4. The Morgan fingerprint density at radius 1 is 1.18 bits per heavy atom. The number of hydrogen-bond donors (Lipinski definition) is 2. The molecule has 28 heavy (non-hydrogen) atoms. The fraction of sp³-hybridized carbons (Fsp3) is 0.286. The maximum Gasteiger partial charge on any atom is 0.255 e. The first kappa shape index (κ1) is 18.2. The van der Waals surface area contributed by atoms with Crippen LogP contribution in [0.5, 0.6) is 0 Å². The van der Waals surface area contributed by atoms with Crippen LogP contribution in [0.1, 0.15) is 23.2 Å². The van der Waals surface area contributed by atoms with Gasteiger partial charge in [-0.2, -0.15) is 0 Å². The summed E-state index contributed by atoms with van der Waals surface area (Å²) < 4.78 is 3.43. The molecule has 1 aliphatic rings. The van der Waals surface area contributed by atoms with E-state index in [1.165, 1.54) is 22.9 Å². The van der Waals surface area contributed by atoms with Gasteiger partial charge >= 0.3 is 0 Å². The van der Waals surface area contributed by atoms with E-state index in [1.54, 1.807) is 12.5 Å². The van der Waals surface area contributed by atoms with E-state index in [0.717, 1.165) is 6.54 Å². The molecule has 2 heterocycles. The van der Waals surface area contributed by atoms with Gasteiger partial charge in [-0.3, -0.25) is 14.2 Å². The summed E-state index contributed by atoms with van der Waals surface area (Å²) in [6.45, 7) is 0.766. The summed E-state index contributed by atoms with van der Waals surface area (Å²) in [6.07, 6.45) is 7.66. The Balaban J connectivity index is 1.46. The van der Waals surface area contributed by atoms with Crippen molar-refractivity contribution < 1.29 is 9.90 Å². The minimum absolute atomic E-state index is 0.205. The molecule has 4 rings (SSSR count). The SMILES string of the molecule is O=C(N[C@@H]1CC(Cn2ccnc2)C[C@H]1O)c1ccc(=O)n(-c2ccccc2)c1. The maximum absolute atomic E-state index is 12.7. The molecule has 0 bridgehead atoms. The van der Waals surface area contributed by atoms with Crippen molar-refractivity contribution in [1.82, 2.24) is 19.4 Å². The fourth-order valence-corrected chi connectivity index (χ4v) is 3.78. The lowest BCUT2D eigenvalue weighted by Gasteiger charge is -2.17. The third kappa shape index (κ3) is 3.89. The van der Waals surface area contributed by atoms with Crippen LogP contribution in [0.2, 0.25) is 0 Å². The van der Waals surface area contributed by atoms with Gasteiger partial charge in [-0.15, -0.1) is 0 Å². The van der Waals surface area contributed by atoms with E-state index < -0.39 is 6.10 Å². The van der Waals surface area contributed by atoms with E-state index in [9.17, 15) is 14.7 Å². The van der Waals surface area contributed by atoms with Crippen LogP contribution >= 0.6 is 0 Å². The van der Waals surface area contributed by atoms with Crippen molar-refractivity contribution in [3.05, 3.63) is 83.3 Å². The number of imidazole rings is 1. The number of carbonyl (C=O) groups excluding carboxylic acids is 1. The smallest absolute Gasteiger partial charge is 0.255 e. The van der Waals surface area contributed by atoms with Crippen LogP contribution < -0.4 is 10.9 Å². The topological polar surface area (TPSA) is 89.2 Å². The summed E-state index contributed by atoms with van der Waals surface area (Å²) in [5, 5.41) is 13.3. The molecule has 1 aliphatic carbocycles. The molecule has 0 radical (unpaired) electrons. The molecule has 1 unspecified atom stereocenters. The average Bonchev–Trinajstić information content (AvgIpc) is 3.33. The number of rotatable bonds is 5. The van der Waals surface area contributed by atoms with Crippen LogP contribution in [-0.2, 0) is 6.54 Å². The number of pyridine rings is 1. The largest absolute Gasteiger partial charge is 0.391 e. The van der Waals surface area contributed by atoms with Crippen LogP contribution in [0.25, 0.3) is 5.69 Å². The average molecular weight is 378 g/mol. The van der Waals surface area contributed by atoms with Gasteiger partial charge in [0.15, 0.2) is 0 Å². The Morgan fingerprint density at radius 2 is 2.00 bits per heavy atom. The third-order valence-corrected chi connectivity index (χ3v) is 5.18. The van der Waals surface area contributed by atoms with E-state index in [-0.39, 0.29) is 23.4 Å². The second kappa shape index (κ2) is 7.82. The van der Waals surface area contributed by atoms with Crippen molar-refractivity contribution >= 4 is 5.91 Å². The number of benzene rings is 1. The summed E-state index contributed by atoms with van der Waals surface area (Å²) in [7, 11) is 0. The zero-order chi connectivity index (χ0) is 19.5. The van der Waals surface area contributed by atoms with Gasteiger partial charge in [0, 0.05) is 36.9 Å². The van der Waals surface area contributed by atoms with Crippen molar-refractivity contribution in [2.45, 2.75) is 31.5 Å². The number of amides is 1. The van der Waals surface area contributed by atoms with Gasteiger partial charge in [-0.25, -0.2) is 4.98 Å². The number of aliphatic hydroxyl groups excluding tert-OH is 1. The van der Waals surface area contributed by atoms with E-state index in [4.69, 9.17) is 0 Å². The standard InChI is InChI=1S/C21H22N4O3/c26-19-11-15(12-24-9-8-22-14-24)10-18(19)23-21(28)16-6-7-20(27)25(13-16)17-4-2-1-3-5-17/h1-9,13-15,18-19,26H,10-12H2,(H,23,28)/t15?,18-,19-/m1/s1. The lowest BCUT2D eigenvalue weighted by atomic mass is 10.1. The molecule has 2 N–H and O–H groups in total. The number of aliphatic hydroxyl groups is 1. The second-order valence-corrected chi connectivity index (χ2v) is 7.21. The molecule has 1 fully saturated rings. The van der Waals surface area contributed by atoms with Crippen molar-refractivity contribution in [2.24, 2.45) is 5.92 Å². The molecular weight excluding hydrogens is 356 g/mol. The molecule has 0 saturated heterocycles. The van der Waals surface area contributed by atoms with E-state index in [1.807, 2.05) is 41.1 Å². The lowest BCUT2D eigenvalue weighted by Crippen LogP contribution is -2.40. The number of para-hydroxylation sites is 1. The van der Waals surface area contributed by atoms with Gasteiger partial charge in [-0.1, -0.05) is 18.2 Å². The highest BCUT2D eigenvalue weighted by molar-refractivity contribution is 5.94. The predicted molar refractivity (Wildman–Crippen MR) is 104 cm³/mol. The van der Waals surface area contributed by atoms with Crippen molar-refractivity contribution in [2.75, 3.05) is 0 Å². The van der Waals surface area contributed by atoms with Crippen LogP contribution in [0.3, 0.4) is 0 Å². The van der Waals surface area contributed by atoms with Crippen molar-refractivity contribution in [1.29, 1.82) is 0 Å². The zero-order valence-electron chi connectivity index (χ0n) is 15.3. The summed E-state index contributed by atoms with van der Waals surface area (Å²) in [5.74, 6) is -0.0233. The lowest BCUT2D eigenvalue weighted by molar-refractivity contribution is 0.0872. The molecule has 3 atom stereocenters. The fourth-order valence-electron chi connectivity index (χ4n) is 3.78. The highest BCUT2D eigenvalue weighted by Crippen LogP contribution is 2.27. The Labute approximate surface area is 162 Å². The molecule has 3 aromatic rings. The molecule has 1 amide bonds. The van der Waals surface area contributed by atoms with Crippen molar-refractivity contribution in [3.63, 3.8) is 0 Å². The number of nitrogens with zero attached hydrogens (tertiary/aromatic N) is 3. The molecule has 7 heteroatoms. The number of aromatic nitrogens is 3. The molecule has 144 valence electrons. The Bertz CT molecular complexity index is 998. The molecule has 0 aliphatic heterocycles. The highest BCUT2D eigenvalue weighted by atomic mass is 16.3. The maximum atomic E-state index is 12.7. The zero-order valence-corrected chi connectivity index (χ0v) is 15.3. The monoisotopic (exact) mass is 378 g/mol. The normalized spacial score (nSPS) is 21.5. The molecule has 1 aromatic carbocycles. The van der Waals surface area contributed by atoms with E-state index >= 15 is 0 Å². The van der Waals surface area contributed by atoms with Gasteiger partial charge in [0.1, 0.15) is 0 Å². The van der Waals surface area contributed by atoms with Crippen LogP contribution in [0.15, 0.2) is 72.2 Å². The Hall–Kier alpha value is -3.19. The number of nitrogens with one attached hydrogen (secondary N) is 1. The first-order chi connectivity index (χ1) is 13.6. The Morgan fingerprint density at radius 3 is 2.75 bits per heavy atom. The van der Waals surface area contributed by atoms with E-state index in [0.29, 0.717) is 24.1 Å². The molecule has 0 spiro atoms. The molecule has 1 saturated carbocycles. The first-order valence-corrected chi connectivity index (χ1v) is 9.33. The van der Waals surface area contributed by atoms with Gasteiger partial charge in [0.2, 0.25) is 0 Å². The minimum atomic E-state index is -0.586. The highest BCUT2D eigenvalue weighted by Gasteiger charge is 2.34. The van der Waals surface area contributed by atoms with Crippen LogP contribution in [0.4, 0.5) is 0 Å². The van der Waals surface area contributed by atoms with Gasteiger partial charge in [-0.05, 0) is 37.0 Å². The summed E-state index contributed by atoms with van der Waals surface area (Å²) >= 11 is 0. The summed E-state index contributed by atoms with van der Waals surface area (Å²) in [4.78, 5) is 28.9. The molecular formula is C21H22N4O3. The quantitative estimate of drug-likeness (QED) is 0.706. The minimum Gasteiger partial charge on any atom is -0.391 e. The van der Waals surface area contributed by atoms with Gasteiger partial charge in [0.25, 0.3) is 11.5 Å². The van der Waals surface area contributed by atoms with Gasteiger partial charge < -0.3 is 15.0 Å². The summed E-state index contributed by atoms with van der Waals surface area (Å²) in [5.41, 5.74) is 0.876. The first-order valence-electron chi connectivity index (χ1n) is 9.33. The van der Waals surface area contributed by atoms with Crippen molar-refractivity contribution in [3.8, 4) is 5.69 Å². The summed E-state index contributed by atoms with van der Waals surface area (Å²) in [6, 6.07) is 11.8. The van der Waals surface area contributed by atoms with Crippen LogP contribution in [-0.4, -0.2) is 37.3 Å². The Kier molecular flexibility index (Phi) is 5.08.